The van der Waals surface area contributed by atoms with Gasteiger partial charge in [0.25, 0.3) is 5.88 Å². The van der Waals surface area contributed by atoms with Crippen molar-refractivity contribution in [1.82, 2.24) is 10.1 Å². The number of Topliss-reactive ketones (excluding diaryl/α,β-unsaturated/α-hetero) is 2. The van der Waals surface area contributed by atoms with Crippen molar-refractivity contribution in [2.24, 2.45) is 11.8 Å². The average Bonchev–Trinajstić information content (AvgIpc) is 3.31. The molecule has 216 valence electrons. The van der Waals surface area contributed by atoms with Crippen LogP contribution in [-0.4, -0.2) is 64.7 Å². The second-order valence-corrected chi connectivity index (χ2v) is 11.3. The van der Waals surface area contributed by atoms with E-state index in [1.165, 1.54) is 6.07 Å². The summed E-state index contributed by atoms with van der Waals surface area (Å²) in [4.78, 5) is 29.8. The standard InChI is InChI=1S/C30H37FN2O7/c1-6-8-10-38-25-15(3)12-19(31)17-13-16-14-18-23(33(4)5)26-22(29(32-40-26)39-11-9-7-2)28(36)30(18,37)27(35)20(16)24(34)21(17)25/h12,16,18,23,35,37H,6-11,13-14H2,1-5H3/t16-,18-,23-,30-/m0/s1. The number of benzene rings is 1. The molecular formula is C30H37FN2O7. The number of nitrogens with zero attached hydrogens (tertiary/aromatic N) is 2. The Hall–Kier alpha value is -3.24. The molecule has 10 heteroatoms. The molecule has 3 aliphatic carbocycles. The van der Waals surface area contributed by atoms with Crippen LogP contribution in [0, 0.1) is 24.6 Å². The van der Waals surface area contributed by atoms with Gasteiger partial charge in [-0.25, -0.2) is 4.39 Å². The zero-order valence-electron chi connectivity index (χ0n) is 23.7. The molecule has 4 atom stereocenters. The Labute approximate surface area is 232 Å². The largest absolute Gasteiger partial charge is 0.508 e. The number of aliphatic hydroxyl groups excluding tert-OH is 1. The summed E-state index contributed by atoms with van der Waals surface area (Å²) in [6.45, 7) is 6.33. The summed E-state index contributed by atoms with van der Waals surface area (Å²) < 4.78 is 32.6. The lowest BCUT2D eigenvalue weighted by atomic mass is 9.58. The minimum atomic E-state index is -2.42. The first-order chi connectivity index (χ1) is 19.1. The lowest BCUT2D eigenvalue weighted by molar-refractivity contribution is -0.0559. The fraction of sp³-hybridized carbons (Fsp3) is 0.567. The topological polar surface area (TPSA) is 122 Å². The van der Waals surface area contributed by atoms with Crippen LogP contribution < -0.4 is 9.47 Å². The highest BCUT2D eigenvalue weighted by Crippen LogP contribution is 2.56. The number of ether oxygens (including phenoxy) is 2. The number of halogens is 1. The first-order valence-corrected chi connectivity index (χ1v) is 14.1. The first kappa shape index (κ1) is 28.3. The lowest BCUT2D eigenvalue weighted by Crippen LogP contribution is -2.59. The minimum Gasteiger partial charge on any atom is -0.508 e. The normalized spacial score (nSPS) is 25.4. The third kappa shape index (κ3) is 4.15. The Morgan fingerprint density at radius 3 is 2.48 bits per heavy atom. The number of carbonyl (C=O) groups excluding carboxylic acids is 2. The number of ketones is 2. The highest BCUT2D eigenvalue weighted by Gasteiger charge is 2.64. The monoisotopic (exact) mass is 556 g/mol. The number of fused-ring (bicyclic) bond motifs is 4. The molecule has 0 aliphatic heterocycles. The van der Waals surface area contributed by atoms with Crippen molar-refractivity contribution in [1.29, 1.82) is 0 Å². The van der Waals surface area contributed by atoms with E-state index in [0.717, 1.165) is 25.7 Å². The number of unbranched alkanes of at least 4 members (excludes halogenated alkanes) is 2. The molecule has 0 unspecified atom stereocenters. The molecule has 0 fully saturated rings. The van der Waals surface area contributed by atoms with E-state index in [2.05, 4.69) is 5.16 Å². The highest BCUT2D eigenvalue weighted by molar-refractivity contribution is 6.16. The molecule has 2 N–H and O–H groups in total. The van der Waals surface area contributed by atoms with Crippen molar-refractivity contribution in [3.8, 4) is 11.6 Å². The predicted octanol–water partition coefficient (Wildman–Crippen LogP) is 4.90. The Morgan fingerprint density at radius 1 is 1.15 bits per heavy atom. The van der Waals surface area contributed by atoms with Crippen LogP contribution in [-0.2, 0) is 6.42 Å². The van der Waals surface area contributed by atoms with Gasteiger partial charge in [0.1, 0.15) is 22.9 Å². The van der Waals surface area contributed by atoms with E-state index in [1.807, 2.05) is 13.8 Å². The predicted molar refractivity (Wildman–Crippen MR) is 143 cm³/mol. The summed E-state index contributed by atoms with van der Waals surface area (Å²) in [5.74, 6) is -3.70. The lowest BCUT2D eigenvalue weighted by Gasteiger charge is -2.49. The van der Waals surface area contributed by atoms with E-state index in [1.54, 1.807) is 25.9 Å². The van der Waals surface area contributed by atoms with Crippen molar-refractivity contribution < 1.29 is 38.2 Å². The van der Waals surface area contributed by atoms with Gasteiger partial charge in [-0.1, -0.05) is 26.7 Å². The number of aryl methyl sites for hydroxylation is 1. The molecule has 2 aromatic rings. The van der Waals surface area contributed by atoms with Crippen molar-refractivity contribution in [3.63, 3.8) is 0 Å². The molecule has 0 amide bonds. The molecule has 5 rings (SSSR count). The number of carbonyl (C=O) groups is 2. The van der Waals surface area contributed by atoms with Crippen molar-refractivity contribution in [2.75, 3.05) is 27.3 Å². The summed E-state index contributed by atoms with van der Waals surface area (Å²) in [5.41, 5.74) is -1.78. The summed E-state index contributed by atoms with van der Waals surface area (Å²) >= 11 is 0. The summed E-state index contributed by atoms with van der Waals surface area (Å²) in [6, 6.07) is 0.707. The molecule has 0 spiro atoms. The molecule has 0 saturated carbocycles. The van der Waals surface area contributed by atoms with Crippen molar-refractivity contribution in [2.45, 2.75) is 70.9 Å². The van der Waals surface area contributed by atoms with E-state index < -0.39 is 46.6 Å². The van der Waals surface area contributed by atoms with Crippen molar-refractivity contribution >= 4 is 11.6 Å². The van der Waals surface area contributed by atoms with Crippen LogP contribution in [0.5, 0.6) is 11.6 Å². The van der Waals surface area contributed by atoms with Gasteiger partial charge in [0.15, 0.2) is 17.1 Å². The molecule has 1 aromatic heterocycles. The van der Waals surface area contributed by atoms with Gasteiger partial charge in [0, 0.05) is 17.1 Å². The smallest absolute Gasteiger partial charge is 0.265 e. The molecule has 9 nitrogen and oxygen atoms in total. The second-order valence-electron chi connectivity index (χ2n) is 11.3. The summed E-state index contributed by atoms with van der Waals surface area (Å²) in [5, 5.41) is 27.8. The van der Waals surface area contributed by atoms with E-state index in [4.69, 9.17) is 14.0 Å². The Bertz CT molecular complexity index is 1380. The summed E-state index contributed by atoms with van der Waals surface area (Å²) in [7, 11) is 3.54. The molecule has 0 bridgehead atoms. The number of aromatic nitrogens is 1. The van der Waals surface area contributed by atoms with Gasteiger partial charge >= 0.3 is 0 Å². The van der Waals surface area contributed by atoms with Crippen LogP contribution in [0.2, 0.25) is 0 Å². The maximum absolute atomic E-state index is 15.3. The molecule has 1 aromatic carbocycles. The fourth-order valence-corrected chi connectivity index (χ4v) is 6.48. The van der Waals surface area contributed by atoms with Crippen LogP contribution in [0.3, 0.4) is 0 Å². The summed E-state index contributed by atoms with van der Waals surface area (Å²) in [6.07, 6.45) is 3.48. The number of rotatable bonds is 9. The zero-order valence-corrected chi connectivity index (χ0v) is 23.7. The minimum absolute atomic E-state index is 0.0340. The van der Waals surface area contributed by atoms with Crippen LogP contribution in [0.15, 0.2) is 21.9 Å². The van der Waals surface area contributed by atoms with Crippen LogP contribution in [0.4, 0.5) is 4.39 Å². The molecular weight excluding hydrogens is 519 g/mol. The van der Waals surface area contributed by atoms with Gasteiger partial charge in [0.05, 0.1) is 24.8 Å². The highest BCUT2D eigenvalue weighted by atomic mass is 19.1. The van der Waals surface area contributed by atoms with E-state index in [9.17, 15) is 19.8 Å². The van der Waals surface area contributed by atoms with E-state index in [-0.39, 0.29) is 52.5 Å². The van der Waals surface area contributed by atoms with Gasteiger partial charge in [-0.05, 0) is 69.4 Å². The van der Waals surface area contributed by atoms with Gasteiger partial charge in [-0.15, -0.1) is 0 Å². The maximum atomic E-state index is 15.3. The van der Waals surface area contributed by atoms with Crippen LogP contribution >= 0.6 is 0 Å². The molecule has 3 aliphatic rings. The molecule has 40 heavy (non-hydrogen) atoms. The van der Waals surface area contributed by atoms with Gasteiger partial charge in [-0.2, -0.15) is 0 Å². The Balaban J connectivity index is 1.65. The fourth-order valence-electron chi connectivity index (χ4n) is 6.48. The third-order valence-corrected chi connectivity index (χ3v) is 8.49. The number of hydrogen-bond acceptors (Lipinski definition) is 9. The van der Waals surface area contributed by atoms with Crippen LogP contribution in [0.25, 0.3) is 0 Å². The first-order valence-electron chi connectivity index (χ1n) is 14.1. The molecule has 1 heterocycles. The number of aliphatic hydroxyl groups is 2. The van der Waals surface area contributed by atoms with E-state index >= 15 is 4.39 Å². The maximum Gasteiger partial charge on any atom is 0.265 e. The third-order valence-electron chi connectivity index (χ3n) is 8.49. The molecule has 0 radical (unpaired) electrons. The number of hydrogen-bond donors (Lipinski definition) is 2. The Morgan fingerprint density at radius 2 is 1.82 bits per heavy atom. The number of allylic oxidation sites excluding steroid dienone is 1. The van der Waals surface area contributed by atoms with Gasteiger partial charge in [0.2, 0.25) is 5.78 Å². The van der Waals surface area contributed by atoms with Gasteiger partial charge in [-0.3, -0.25) is 14.5 Å². The quantitative estimate of drug-likeness (QED) is 0.415. The second kappa shape index (κ2) is 10.6. The molecule has 0 saturated heterocycles. The zero-order chi connectivity index (χ0) is 28.9. The average molecular weight is 557 g/mol. The SMILES string of the molecule is CCCCOc1noc2c1C(=O)[C@@]1(O)C(O)=C3C(=O)c4c(c(F)cc(C)c4OCCCC)C[C@H]3C[C@H]1[C@@H]2N(C)C. The Kier molecular flexibility index (Phi) is 7.52. The van der Waals surface area contributed by atoms with Gasteiger partial charge < -0.3 is 24.2 Å². The van der Waals surface area contributed by atoms with Crippen molar-refractivity contribution in [3.05, 3.63) is 51.2 Å². The van der Waals surface area contributed by atoms with E-state index in [0.29, 0.717) is 18.8 Å². The van der Waals surface area contributed by atoms with Crippen LogP contribution in [0.1, 0.15) is 89.6 Å².